The molecule has 0 aromatic heterocycles. The number of likely N-dealkylation sites (N-methyl/N-ethyl adjacent to an activating group) is 2. The number of benzene rings is 1. The van der Waals surface area contributed by atoms with Gasteiger partial charge in [-0.05, 0) is 33.3 Å². The Morgan fingerprint density at radius 2 is 1.84 bits per heavy atom. The van der Waals surface area contributed by atoms with Gasteiger partial charge in [0.15, 0.2) is 5.78 Å². The highest BCUT2D eigenvalue weighted by Crippen LogP contribution is 2.13. The van der Waals surface area contributed by atoms with Crippen molar-refractivity contribution in [3.63, 3.8) is 0 Å². The summed E-state index contributed by atoms with van der Waals surface area (Å²) in [5.74, 6) is -0.769. The van der Waals surface area contributed by atoms with Gasteiger partial charge in [0.1, 0.15) is 5.82 Å². The van der Waals surface area contributed by atoms with Crippen molar-refractivity contribution in [3.05, 3.63) is 35.6 Å². The lowest BCUT2D eigenvalue weighted by Crippen LogP contribution is -2.34. The van der Waals surface area contributed by atoms with E-state index in [1.165, 1.54) is 6.07 Å². The van der Waals surface area contributed by atoms with E-state index in [9.17, 15) is 9.18 Å². The molecule has 19 heavy (non-hydrogen) atoms. The monoisotopic (exact) mass is 266 g/mol. The van der Waals surface area contributed by atoms with Gasteiger partial charge in [-0.3, -0.25) is 4.79 Å². The molecule has 4 heteroatoms. The molecule has 0 bridgehead atoms. The van der Waals surface area contributed by atoms with Crippen LogP contribution in [0.4, 0.5) is 4.39 Å². The number of halogens is 1. The zero-order chi connectivity index (χ0) is 14.4. The van der Waals surface area contributed by atoms with E-state index in [1.807, 2.05) is 28.1 Å². The lowest BCUT2D eigenvalue weighted by Gasteiger charge is -2.22. The number of Topliss-reactive ketones (excluding diaryl/α,β-unsaturated/α-hetero) is 1. The summed E-state index contributed by atoms with van der Waals surface area (Å²) < 4.78 is 13.6. The third-order valence-corrected chi connectivity index (χ3v) is 3.10. The molecule has 1 aromatic carbocycles. The minimum absolute atomic E-state index is 0.130. The van der Waals surface area contributed by atoms with Gasteiger partial charge in [-0.1, -0.05) is 19.1 Å². The van der Waals surface area contributed by atoms with Crippen LogP contribution in [0.2, 0.25) is 0 Å². The average Bonchev–Trinajstić information content (AvgIpc) is 2.36. The van der Waals surface area contributed by atoms with Crippen molar-refractivity contribution >= 4 is 5.78 Å². The average molecular weight is 266 g/mol. The third kappa shape index (κ3) is 5.09. The standard InChI is InChI=1S/C15H23FN2O/c1-12(11-18(4)10-9-17(2)3)15(19)13-7-5-6-8-14(13)16/h5-8,12H,9-11H2,1-4H3. The Labute approximate surface area is 115 Å². The molecule has 106 valence electrons. The van der Waals surface area contributed by atoms with Crippen LogP contribution in [-0.2, 0) is 0 Å². The molecule has 0 amide bonds. The summed E-state index contributed by atoms with van der Waals surface area (Å²) in [6, 6.07) is 6.17. The number of carbonyl (C=O) groups is 1. The Morgan fingerprint density at radius 3 is 2.42 bits per heavy atom. The lowest BCUT2D eigenvalue weighted by molar-refractivity contribution is 0.0897. The molecule has 0 aliphatic carbocycles. The second-order valence-electron chi connectivity index (χ2n) is 5.31. The van der Waals surface area contributed by atoms with Crippen molar-refractivity contribution in [3.8, 4) is 0 Å². The van der Waals surface area contributed by atoms with Gasteiger partial charge in [-0.25, -0.2) is 4.39 Å². The van der Waals surface area contributed by atoms with E-state index in [2.05, 4.69) is 9.80 Å². The smallest absolute Gasteiger partial charge is 0.169 e. The highest BCUT2D eigenvalue weighted by molar-refractivity contribution is 5.98. The van der Waals surface area contributed by atoms with E-state index in [0.29, 0.717) is 6.54 Å². The Kier molecular flexibility index (Phi) is 6.12. The maximum absolute atomic E-state index is 13.6. The van der Waals surface area contributed by atoms with Crippen molar-refractivity contribution in [1.82, 2.24) is 9.80 Å². The first kappa shape index (κ1) is 15.8. The zero-order valence-electron chi connectivity index (χ0n) is 12.2. The number of hydrogen-bond acceptors (Lipinski definition) is 3. The van der Waals surface area contributed by atoms with Gasteiger partial charge in [0.2, 0.25) is 0 Å². The summed E-state index contributed by atoms with van der Waals surface area (Å²) in [6.45, 7) is 4.32. The Balaban J connectivity index is 2.56. The molecule has 0 saturated carbocycles. The minimum Gasteiger partial charge on any atom is -0.308 e. The van der Waals surface area contributed by atoms with Crippen molar-refractivity contribution in [2.75, 3.05) is 40.8 Å². The number of nitrogens with zero attached hydrogens (tertiary/aromatic N) is 2. The summed E-state index contributed by atoms with van der Waals surface area (Å²) in [4.78, 5) is 16.4. The van der Waals surface area contributed by atoms with Gasteiger partial charge in [-0.2, -0.15) is 0 Å². The van der Waals surface area contributed by atoms with Crippen LogP contribution in [0.1, 0.15) is 17.3 Å². The van der Waals surface area contributed by atoms with Crippen LogP contribution in [0.25, 0.3) is 0 Å². The normalized spacial score (nSPS) is 13.0. The van der Waals surface area contributed by atoms with Gasteiger partial charge in [0, 0.05) is 25.6 Å². The topological polar surface area (TPSA) is 23.6 Å². The predicted octanol–water partition coefficient (Wildman–Crippen LogP) is 2.14. The Hall–Kier alpha value is -1.26. The molecule has 0 heterocycles. The second-order valence-corrected chi connectivity index (χ2v) is 5.31. The van der Waals surface area contributed by atoms with Crippen LogP contribution in [0, 0.1) is 11.7 Å². The largest absolute Gasteiger partial charge is 0.308 e. The SMILES string of the molecule is CC(CN(C)CCN(C)C)C(=O)c1ccccc1F. The van der Waals surface area contributed by atoms with Gasteiger partial charge >= 0.3 is 0 Å². The quantitative estimate of drug-likeness (QED) is 0.706. The number of ketones is 1. The summed E-state index contributed by atoms with van der Waals surface area (Å²) in [5.41, 5.74) is 0.191. The molecule has 1 unspecified atom stereocenters. The van der Waals surface area contributed by atoms with Crippen LogP contribution < -0.4 is 0 Å². The maximum Gasteiger partial charge on any atom is 0.169 e. The molecule has 0 N–H and O–H groups in total. The highest BCUT2D eigenvalue weighted by atomic mass is 19.1. The highest BCUT2D eigenvalue weighted by Gasteiger charge is 2.19. The molecule has 1 aromatic rings. The summed E-state index contributed by atoms with van der Waals surface area (Å²) in [6.07, 6.45) is 0. The molecule has 0 spiro atoms. The van der Waals surface area contributed by atoms with Gasteiger partial charge in [0.25, 0.3) is 0 Å². The van der Waals surface area contributed by atoms with E-state index >= 15 is 0 Å². The summed E-state index contributed by atoms with van der Waals surface area (Å²) in [5, 5.41) is 0. The fraction of sp³-hybridized carbons (Fsp3) is 0.533. The molecule has 3 nitrogen and oxygen atoms in total. The summed E-state index contributed by atoms with van der Waals surface area (Å²) in [7, 11) is 6.01. The van der Waals surface area contributed by atoms with Crippen molar-refractivity contribution in [1.29, 1.82) is 0 Å². The molecule has 1 atom stereocenters. The summed E-state index contributed by atoms with van der Waals surface area (Å²) >= 11 is 0. The van der Waals surface area contributed by atoms with Crippen LogP contribution >= 0.6 is 0 Å². The van der Waals surface area contributed by atoms with Crippen LogP contribution in [0.15, 0.2) is 24.3 Å². The van der Waals surface area contributed by atoms with Crippen molar-refractivity contribution in [2.24, 2.45) is 5.92 Å². The molecule has 0 fully saturated rings. The fourth-order valence-corrected chi connectivity index (χ4v) is 1.94. The first-order valence-electron chi connectivity index (χ1n) is 6.54. The van der Waals surface area contributed by atoms with Gasteiger partial charge < -0.3 is 9.80 Å². The van der Waals surface area contributed by atoms with Crippen LogP contribution in [-0.4, -0.2) is 56.4 Å². The first-order valence-corrected chi connectivity index (χ1v) is 6.54. The molecule has 0 aliphatic rings. The Bertz CT molecular complexity index is 420. The number of hydrogen-bond donors (Lipinski definition) is 0. The number of rotatable bonds is 7. The van der Waals surface area contributed by atoms with E-state index in [0.717, 1.165) is 13.1 Å². The molecular weight excluding hydrogens is 243 g/mol. The first-order chi connectivity index (χ1) is 8.91. The van der Waals surface area contributed by atoms with E-state index in [4.69, 9.17) is 0 Å². The van der Waals surface area contributed by atoms with E-state index in [1.54, 1.807) is 18.2 Å². The Morgan fingerprint density at radius 1 is 1.21 bits per heavy atom. The molecular formula is C15H23FN2O. The third-order valence-electron chi connectivity index (χ3n) is 3.10. The van der Waals surface area contributed by atoms with Crippen LogP contribution in [0.3, 0.4) is 0 Å². The van der Waals surface area contributed by atoms with Gasteiger partial charge in [0.05, 0.1) is 5.56 Å². The number of carbonyl (C=O) groups excluding carboxylic acids is 1. The maximum atomic E-state index is 13.6. The van der Waals surface area contributed by atoms with E-state index < -0.39 is 5.82 Å². The van der Waals surface area contributed by atoms with Crippen LogP contribution in [0.5, 0.6) is 0 Å². The zero-order valence-corrected chi connectivity index (χ0v) is 12.2. The molecule has 0 aliphatic heterocycles. The van der Waals surface area contributed by atoms with Gasteiger partial charge in [-0.15, -0.1) is 0 Å². The predicted molar refractivity (Wildman–Crippen MR) is 75.9 cm³/mol. The molecule has 0 radical (unpaired) electrons. The molecule has 1 rings (SSSR count). The van der Waals surface area contributed by atoms with Crippen molar-refractivity contribution < 1.29 is 9.18 Å². The van der Waals surface area contributed by atoms with E-state index in [-0.39, 0.29) is 17.3 Å². The van der Waals surface area contributed by atoms with Crippen molar-refractivity contribution in [2.45, 2.75) is 6.92 Å². The lowest BCUT2D eigenvalue weighted by atomic mass is 9.98. The second kappa shape index (κ2) is 7.36. The fourth-order valence-electron chi connectivity index (χ4n) is 1.94. The molecule has 0 saturated heterocycles. The minimum atomic E-state index is -0.435.